The molecule has 6 heteroatoms. The van der Waals surface area contributed by atoms with Crippen LogP contribution >= 0.6 is 0 Å². The molecule has 0 aliphatic carbocycles. The largest absolute Gasteiger partial charge is 0.496 e. The Kier molecular flexibility index (Phi) is 5.13. The van der Waals surface area contributed by atoms with Crippen molar-refractivity contribution >= 4 is 12.0 Å². The van der Waals surface area contributed by atoms with Crippen LogP contribution in [0.4, 0.5) is 4.79 Å². The number of rotatable bonds is 3. The van der Waals surface area contributed by atoms with E-state index in [-0.39, 0.29) is 18.0 Å². The fourth-order valence-electron chi connectivity index (χ4n) is 2.47. The fraction of sp³-hybridized carbons (Fsp3) is 0.529. The molecule has 0 radical (unpaired) electrons. The third-order valence-corrected chi connectivity index (χ3v) is 3.53. The zero-order valence-electron chi connectivity index (χ0n) is 14.1. The third-order valence-electron chi connectivity index (χ3n) is 3.53. The Morgan fingerprint density at radius 3 is 2.61 bits per heavy atom. The second kappa shape index (κ2) is 6.89. The maximum Gasteiger partial charge on any atom is 0.410 e. The van der Waals surface area contributed by atoms with Crippen molar-refractivity contribution in [3.8, 4) is 5.75 Å². The molecule has 23 heavy (non-hydrogen) atoms. The minimum Gasteiger partial charge on any atom is -0.496 e. The van der Waals surface area contributed by atoms with Crippen LogP contribution in [0.2, 0.25) is 0 Å². The number of methoxy groups -OCH3 is 1. The van der Waals surface area contributed by atoms with Gasteiger partial charge in [-0.2, -0.15) is 0 Å². The Morgan fingerprint density at radius 2 is 1.96 bits per heavy atom. The lowest BCUT2D eigenvalue weighted by atomic mass is 10.1. The molecule has 1 fully saturated rings. The molecule has 2 amide bonds. The smallest absolute Gasteiger partial charge is 0.410 e. The van der Waals surface area contributed by atoms with Crippen molar-refractivity contribution in [1.82, 2.24) is 10.2 Å². The molecule has 0 saturated carbocycles. The highest BCUT2D eigenvalue weighted by Gasteiger charge is 2.30. The van der Waals surface area contributed by atoms with Gasteiger partial charge in [0, 0.05) is 19.1 Å². The number of hydrogen-bond donors (Lipinski definition) is 1. The molecule has 0 aromatic heterocycles. The van der Waals surface area contributed by atoms with E-state index < -0.39 is 5.60 Å². The van der Waals surface area contributed by atoms with Gasteiger partial charge >= 0.3 is 6.09 Å². The van der Waals surface area contributed by atoms with Crippen LogP contribution in [0, 0.1) is 0 Å². The summed E-state index contributed by atoms with van der Waals surface area (Å²) in [6, 6.07) is 6.99. The van der Waals surface area contributed by atoms with Gasteiger partial charge in [0.15, 0.2) is 0 Å². The van der Waals surface area contributed by atoms with Crippen LogP contribution in [0.3, 0.4) is 0 Å². The first-order chi connectivity index (χ1) is 10.8. The lowest BCUT2D eigenvalue weighted by molar-refractivity contribution is 0.0290. The third kappa shape index (κ3) is 4.61. The molecule has 1 aromatic carbocycles. The van der Waals surface area contributed by atoms with Crippen LogP contribution in [0.5, 0.6) is 5.75 Å². The Hall–Kier alpha value is -2.24. The van der Waals surface area contributed by atoms with E-state index in [0.717, 1.165) is 0 Å². The van der Waals surface area contributed by atoms with Gasteiger partial charge in [0.05, 0.1) is 12.7 Å². The number of benzene rings is 1. The molecular weight excluding hydrogens is 296 g/mol. The average Bonchev–Trinajstić information content (AvgIpc) is 2.94. The number of amides is 2. The second-order valence-corrected chi connectivity index (χ2v) is 6.59. The zero-order valence-corrected chi connectivity index (χ0v) is 14.1. The highest BCUT2D eigenvalue weighted by Crippen LogP contribution is 2.19. The van der Waals surface area contributed by atoms with E-state index in [1.807, 2.05) is 26.8 Å². The van der Waals surface area contributed by atoms with Crippen molar-refractivity contribution in [2.75, 3.05) is 20.2 Å². The molecule has 6 nitrogen and oxygen atoms in total. The van der Waals surface area contributed by atoms with Gasteiger partial charge in [-0.3, -0.25) is 4.79 Å². The second-order valence-electron chi connectivity index (χ2n) is 6.59. The molecule has 2 rings (SSSR count). The van der Waals surface area contributed by atoms with E-state index >= 15 is 0 Å². The summed E-state index contributed by atoms with van der Waals surface area (Å²) in [4.78, 5) is 26.0. The Balaban J connectivity index is 1.93. The lowest BCUT2D eigenvalue weighted by Crippen LogP contribution is -2.40. The van der Waals surface area contributed by atoms with Crippen molar-refractivity contribution in [2.24, 2.45) is 0 Å². The number of nitrogens with one attached hydrogen (secondary N) is 1. The quantitative estimate of drug-likeness (QED) is 0.929. The van der Waals surface area contributed by atoms with Gasteiger partial charge in [0.25, 0.3) is 5.91 Å². The molecular formula is C17H24N2O4. The van der Waals surface area contributed by atoms with Crippen LogP contribution < -0.4 is 10.1 Å². The van der Waals surface area contributed by atoms with Gasteiger partial charge in [-0.05, 0) is 39.3 Å². The monoisotopic (exact) mass is 320 g/mol. The van der Waals surface area contributed by atoms with Gasteiger partial charge < -0.3 is 19.7 Å². The summed E-state index contributed by atoms with van der Waals surface area (Å²) >= 11 is 0. The molecule has 1 N–H and O–H groups in total. The molecule has 0 bridgehead atoms. The molecule has 1 saturated heterocycles. The van der Waals surface area contributed by atoms with Crippen LogP contribution in [-0.2, 0) is 4.74 Å². The molecule has 1 heterocycles. The fourth-order valence-corrected chi connectivity index (χ4v) is 2.47. The summed E-state index contributed by atoms with van der Waals surface area (Å²) < 4.78 is 10.6. The van der Waals surface area contributed by atoms with E-state index in [1.165, 1.54) is 7.11 Å². The number of likely N-dealkylation sites (tertiary alicyclic amines) is 1. The maximum absolute atomic E-state index is 12.4. The van der Waals surface area contributed by atoms with Crippen molar-refractivity contribution < 1.29 is 19.1 Å². The molecule has 1 aliphatic rings. The Labute approximate surface area is 136 Å². The van der Waals surface area contributed by atoms with E-state index in [1.54, 1.807) is 23.1 Å². The predicted molar refractivity (Wildman–Crippen MR) is 86.7 cm³/mol. The maximum atomic E-state index is 12.4. The minimum atomic E-state index is -0.518. The van der Waals surface area contributed by atoms with Crippen molar-refractivity contribution in [3.05, 3.63) is 29.8 Å². The first-order valence-electron chi connectivity index (χ1n) is 7.72. The molecule has 1 aliphatic heterocycles. The Bertz CT molecular complexity index is 580. The van der Waals surface area contributed by atoms with Crippen LogP contribution in [0.25, 0.3) is 0 Å². The number of carbonyl (C=O) groups excluding carboxylic acids is 2. The normalized spacial score (nSPS) is 17.7. The van der Waals surface area contributed by atoms with Gasteiger partial charge in [0.1, 0.15) is 11.4 Å². The minimum absolute atomic E-state index is 0.0834. The molecule has 126 valence electrons. The summed E-state index contributed by atoms with van der Waals surface area (Å²) in [5.74, 6) is 0.338. The van der Waals surface area contributed by atoms with E-state index in [4.69, 9.17) is 9.47 Å². The van der Waals surface area contributed by atoms with Crippen molar-refractivity contribution in [1.29, 1.82) is 0 Å². The standard InChI is InChI=1S/C17H24N2O4/c1-17(2,3)23-16(21)19-10-9-12(11-19)18-15(20)13-7-5-6-8-14(13)22-4/h5-8,12H,9-11H2,1-4H3,(H,18,20). The number of carbonyl (C=O) groups is 2. The van der Waals surface area contributed by atoms with Gasteiger partial charge in [0.2, 0.25) is 0 Å². The summed E-state index contributed by atoms with van der Waals surface area (Å²) in [7, 11) is 1.53. The number of nitrogens with zero attached hydrogens (tertiary/aromatic N) is 1. The van der Waals surface area contributed by atoms with E-state index in [2.05, 4.69) is 5.32 Å². The summed E-state index contributed by atoms with van der Waals surface area (Å²) in [6.07, 6.45) is 0.367. The number of para-hydroxylation sites is 1. The highest BCUT2D eigenvalue weighted by molar-refractivity contribution is 5.97. The average molecular weight is 320 g/mol. The SMILES string of the molecule is COc1ccccc1C(=O)NC1CCN(C(=O)OC(C)(C)C)C1. The molecule has 1 aromatic rings. The van der Waals surface area contributed by atoms with Crippen molar-refractivity contribution in [3.63, 3.8) is 0 Å². The van der Waals surface area contributed by atoms with Crippen LogP contribution in [0.1, 0.15) is 37.6 Å². The molecule has 1 unspecified atom stereocenters. The van der Waals surface area contributed by atoms with Gasteiger partial charge in [-0.15, -0.1) is 0 Å². The predicted octanol–water partition coefficient (Wildman–Crippen LogP) is 2.43. The van der Waals surface area contributed by atoms with Gasteiger partial charge in [-0.25, -0.2) is 4.79 Å². The van der Waals surface area contributed by atoms with Crippen molar-refractivity contribution in [2.45, 2.75) is 38.8 Å². The highest BCUT2D eigenvalue weighted by atomic mass is 16.6. The van der Waals surface area contributed by atoms with E-state index in [9.17, 15) is 9.59 Å². The number of ether oxygens (including phenoxy) is 2. The van der Waals surface area contributed by atoms with Crippen LogP contribution in [-0.4, -0.2) is 48.7 Å². The molecule has 1 atom stereocenters. The lowest BCUT2D eigenvalue weighted by Gasteiger charge is -2.24. The first-order valence-corrected chi connectivity index (χ1v) is 7.72. The first kappa shape index (κ1) is 17.1. The Morgan fingerprint density at radius 1 is 1.26 bits per heavy atom. The van der Waals surface area contributed by atoms with Gasteiger partial charge in [-0.1, -0.05) is 12.1 Å². The topological polar surface area (TPSA) is 67.9 Å². The molecule has 0 spiro atoms. The van der Waals surface area contributed by atoms with E-state index in [0.29, 0.717) is 30.8 Å². The summed E-state index contributed by atoms with van der Waals surface area (Å²) in [6.45, 7) is 6.54. The number of hydrogen-bond acceptors (Lipinski definition) is 4. The summed E-state index contributed by atoms with van der Waals surface area (Å²) in [5.41, 5.74) is -0.0266. The van der Waals surface area contributed by atoms with Crippen LogP contribution in [0.15, 0.2) is 24.3 Å². The summed E-state index contributed by atoms with van der Waals surface area (Å²) in [5, 5.41) is 2.95. The zero-order chi connectivity index (χ0) is 17.0.